The van der Waals surface area contributed by atoms with Crippen LogP contribution in [0.5, 0.6) is 0 Å². The van der Waals surface area contributed by atoms with E-state index in [9.17, 15) is 18.0 Å². The molecule has 3 N–H and O–H groups in total. The number of benzene rings is 1. The van der Waals surface area contributed by atoms with Gasteiger partial charge < -0.3 is 15.8 Å². The molecular formula is C16H13ClF3N5O2. The maximum Gasteiger partial charge on any atom is 0.275 e. The van der Waals surface area contributed by atoms with Gasteiger partial charge in [0.1, 0.15) is 29.1 Å². The standard InChI is InChI=1S/C16H13ClF3N5O2/c17-12-5-22-11(4-23-12)14(26)24-8-1-2-10(18)9(3-8)16(15(19)20)7-27-6-13(21)25-16/h1-5,15H,6-7H2,(H2,21,25)(H,24,26)/t16-/m0/s1. The highest BCUT2D eigenvalue weighted by atomic mass is 35.5. The van der Waals surface area contributed by atoms with Gasteiger partial charge in [0.15, 0.2) is 5.54 Å². The molecule has 0 bridgehead atoms. The molecule has 0 unspecified atom stereocenters. The molecule has 1 aliphatic rings. The van der Waals surface area contributed by atoms with Crippen molar-refractivity contribution in [3.8, 4) is 0 Å². The summed E-state index contributed by atoms with van der Waals surface area (Å²) < 4.78 is 47.0. The maximum atomic E-state index is 14.3. The molecule has 2 aromatic rings. The number of nitrogens with zero attached hydrogens (tertiary/aromatic N) is 3. The predicted molar refractivity (Wildman–Crippen MR) is 91.5 cm³/mol. The third kappa shape index (κ3) is 3.86. The number of ether oxygens (including phenoxy) is 1. The molecule has 0 saturated carbocycles. The van der Waals surface area contributed by atoms with Crippen molar-refractivity contribution in [1.82, 2.24) is 9.97 Å². The van der Waals surface area contributed by atoms with E-state index in [-0.39, 0.29) is 29.0 Å². The first-order valence-electron chi connectivity index (χ1n) is 7.61. The Morgan fingerprint density at radius 3 is 2.74 bits per heavy atom. The summed E-state index contributed by atoms with van der Waals surface area (Å²) in [6, 6.07) is 3.23. The SMILES string of the molecule is NC1=N[C@@](c2cc(NC(=O)c3cnc(Cl)cn3)ccc2F)(C(F)F)COC1. The van der Waals surface area contributed by atoms with Gasteiger partial charge in [0.05, 0.1) is 19.0 Å². The van der Waals surface area contributed by atoms with Gasteiger partial charge in [-0.25, -0.2) is 23.1 Å². The van der Waals surface area contributed by atoms with Crippen molar-refractivity contribution in [1.29, 1.82) is 0 Å². The van der Waals surface area contributed by atoms with Crippen LogP contribution in [0.4, 0.5) is 18.9 Å². The molecule has 0 aliphatic carbocycles. The lowest BCUT2D eigenvalue weighted by Gasteiger charge is -2.33. The van der Waals surface area contributed by atoms with Crippen molar-refractivity contribution >= 4 is 29.0 Å². The zero-order valence-corrected chi connectivity index (χ0v) is 14.4. The molecule has 0 radical (unpaired) electrons. The van der Waals surface area contributed by atoms with E-state index in [1.165, 1.54) is 12.3 Å². The first kappa shape index (κ1) is 19.1. The van der Waals surface area contributed by atoms with Gasteiger partial charge in [-0.1, -0.05) is 11.6 Å². The largest absolute Gasteiger partial charge is 0.385 e. The van der Waals surface area contributed by atoms with Crippen LogP contribution in [0.15, 0.2) is 35.6 Å². The summed E-state index contributed by atoms with van der Waals surface area (Å²) >= 11 is 5.61. The number of anilines is 1. The number of carbonyl (C=O) groups excluding carboxylic acids is 1. The Kier molecular flexibility index (Phi) is 5.29. The number of halogens is 4. The highest BCUT2D eigenvalue weighted by Crippen LogP contribution is 2.37. The van der Waals surface area contributed by atoms with E-state index >= 15 is 0 Å². The summed E-state index contributed by atoms with van der Waals surface area (Å²) in [5.41, 5.74) is 2.78. The Balaban J connectivity index is 1.95. The van der Waals surface area contributed by atoms with Gasteiger partial charge in [-0.3, -0.25) is 9.79 Å². The summed E-state index contributed by atoms with van der Waals surface area (Å²) in [6.07, 6.45) is -0.767. The van der Waals surface area contributed by atoms with E-state index in [0.29, 0.717) is 0 Å². The van der Waals surface area contributed by atoms with Crippen LogP contribution in [0.1, 0.15) is 16.1 Å². The van der Waals surface area contributed by atoms with Crippen LogP contribution in [0.3, 0.4) is 0 Å². The van der Waals surface area contributed by atoms with Crippen molar-refractivity contribution in [2.45, 2.75) is 12.0 Å². The number of nitrogens with two attached hydrogens (primary N) is 1. The molecule has 1 atom stereocenters. The Labute approximate surface area is 156 Å². The number of amides is 1. The smallest absolute Gasteiger partial charge is 0.275 e. The maximum absolute atomic E-state index is 14.3. The number of carbonyl (C=O) groups is 1. The van der Waals surface area contributed by atoms with E-state index in [2.05, 4.69) is 20.3 Å². The lowest BCUT2D eigenvalue weighted by atomic mass is 9.90. The molecule has 0 spiro atoms. The molecule has 1 amide bonds. The van der Waals surface area contributed by atoms with Gasteiger partial charge in [-0.05, 0) is 18.2 Å². The zero-order valence-electron chi connectivity index (χ0n) is 13.6. The number of alkyl halides is 2. The Morgan fingerprint density at radius 1 is 1.33 bits per heavy atom. The van der Waals surface area contributed by atoms with Crippen LogP contribution >= 0.6 is 11.6 Å². The predicted octanol–water partition coefficient (Wildman–Crippen LogP) is 2.37. The monoisotopic (exact) mass is 399 g/mol. The van der Waals surface area contributed by atoms with Crippen LogP contribution in [-0.2, 0) is 10.3 Å². The number of rotatable bonds is 4. The second-order valence-electron chi connectivity index (χ2n) is 5.69. The van der Waals surface area contributed by atoms with Gasteiger partial charge in [0, 0.05) is 11.3 Å². The van der Waals surface area contributed by atoms with Crippen molar-refractivity contribution in [2.75, 3.05) is 18.5 Å². The first-order valence-corrected chi connectivity index (χ1v) is 7.98. The third-order valence-corrected chi connectivity index (χ3v) is 4.01. The normalized spacial score (nSPS) is 19.7. The summed E-state index contributed by atoms with van der Waals surface area (Å²) in [5, 5.41) is 2.53. The van der Waals surface area contributed by atoms with Gasteiger partial charge in [0.25, 0.3) is 12.3 Å². The van der Waals surface area contributed by atoms with E-state index in [1.807, 2.05) is 0 Å². The van der Waals surface area contributed by atoms with Gasteiger partial charge >= 0.3 is 0 Å². The summed E-state index contributed by atoms with van der Waals surface area (Å²) in [6.45, 7) is -0.676. The Hall–Kier alpha value is -2.72. The fraction of sp³-hybridized carbons (Fsp3) is 0.250. The second-order valence-corrected chi connectivity index (χ2v) is 6.08. The molecule has 3 rings (SSSR count). The summed E-state index contributed by atoms with van der Waals surface area (Å²) in [7, 11) is 0. The molecule has 11 heteroatoms. The molecule has 7 nitrogen and oxygen atoms in total. The average Bonchev–Trinajstić information content (AvgIpc) is 2.63. The molecule has 0 fully saturated rings. The number of amidine groups is 1. The molecule has 27 heavy (non-hydrogen) atoms. The molecular weight excluding hydrogens is 387 g/mol. The quantitative estimate of drug-likeness (QED) is 0.821. The van der Waals surface area contributed by atoms with Crippen LogP contribution in [-0.4, -0.2) is 41.3 Å². The van der Waals surface area contributed by atoms with Crippen LogP contribution in [0.25, 0.3) is 0 Å². The summed E-state index contributed by atoms with van der Waals surface area (Å²) in [5.74, 6) is -1.78. The molecule has 0 saturated heterocycles. The number of aliphatic imine (C=N–C) groups is 1. The van der Waals surface area contributed by atoms with Crippen molar-refractivity contribution in [3.63, 3.8) is 0 Å². The summed E-state index contributed by atoms with van der Waals surface area (Å²) in [4.78, 5) is 23.5. The lowest BCUT2D eigenvalue weighted by molar-refractivity contribution is -0.0145. The van der Waals surface area contributed by atoms with Gasteiger partial charge in [-0.15, -0.1) is 0 Å². The van der Waals surface area contributed by atoms with Crippen molar-refractivity contribution < 1.29 is 22.7 Å². The third-order valence-electron chi connectivity index (χ3n) is 3.82. The number of hydrogen-bond donors (Lipinski definition) is 2. The molecule has 142 valence electrons. The Bertz CT molecular complexity index is 894. The number of aromatic nitrogens is 2. The molecule has 2 heterocycles. The topological polar surface area (TPSA) is 102 Å². The van der Waals surface area contributed by atoms with E-state index in [0.717, 1.165) is 18.3 Å². The number of nitrogens with one attached hydrogen (secondary N) is 1. The average molecular weight is 400 g/mol. The molecule has 1 aromatic heterocycles. The highest BCUT2D eigenvalue weighted by Gasteiger charge is 2.46. The van der Waals surface area contributed by atoms with E-state index < -0.39 is 35.9 Å². The molecule has 1 aliphatic heterocycles. The lowest BCUT2D eigenvalue weighted by Crippen LogP contribution is -2.45. The minimum absolute atomic E-state index is 0.0582. The Morgan fingerprint density at radius 2 is 2.11 bits per heavy atom. The van der Waals surface area contributed by atoms with E-state index in [4.69, 9.17) is 22.1 Å². The van der Waals surface area contributed by atoms with Gasteiger partial charge in [-0.2, -0.15) is 0 Å². The first-order chi connectivity index (χ1) is 12.8. The minimum Gasteiger partial charge on any atom is -0.385 e. The second kappa shape index (κ2) is 7.49. The highest BCUT2D eigenvalue weighted by molar-refractivity contribution is 6.29. The van der Waals surface area contributed by atoms with Crippen LogP contribution in [0, 0.1) is 5.82 Å². The van der Waals surface area contributed by atoms with Crippen LogP contribution in [0.2, 0.25) is 5.15 Å². The van der Waals surface area contributed by atoms with Crippen LogP contribution < -0.4 is 11.1 Å². The van der Waals surface area contributed by atoms with Crippen molar-refractivity contribution in [2.24, 2.45) is 10.7 Å². The fourth-order valence-corrected chi connectivity index (χ4v) is 2.66. The fourth-order valence-electron chi connectivity index (χ4n) is 2.56. The molecule has 1 aromatic carbocycles. The minimum atomic E-state index is -3.08. The zero-order chi connectivity index (χ0) is 19.6. The van der Waals surface area contributed by atoms with Gasteiger partial charge in [0.2, 0.25) is 0 Å². The number of hydrogen-bond acceptors (Lipinski definition) is 6. The van der Waals surface area contributed by atoms with E-state index in [1.54, 1.807) is 0 Å². The van der Waals surface area contributed by atoms with Crippen molar-refractivity contribution in [3.05, 3.63) is 52.8 Å².